The average molecular weight is 333 g/mol. The summed E-state index contributed by atoms with van der Waals surface area (Å²) in [6.07, 6.45) is 0. The molecule has 19 heavy (non-hydrogen) atoms. The Kier molecular flexibility index (Phi) is 5.20. The third-order valence-electron chi connectivity index (χ3n) is 2.13. The molecular weight excluding hydrogens is 316 g/mol. The summed E-state index contributed by atoms with van der Waals surface area (Å²) in [4.78, 5) is 11.0. The highest BCUT2D eigenvalue weighted by Gasteiger charge is 2.19. The van der Waals surface area contributed by atoms with E-state index in [9.17, 15) is 9.90 Å². The molecule has 0 aliphatic carbocycles. The van der Waals surface area contributed by atoms with E-state index in [1.807, 2.05) is 0 Å². The van der Waals surface area contributed by atoms with Gasteiger partial charge in [-0.3, -0.25) is 0 Å². The Morgan fingerprint density at radius 3 is 2.47 bits per heavy atom. The number of rotatable bonds is 6. The van der Waals surface area contributed by atoms with Crippen LogP contribution in [-0.4, -0.2) is 35.0 Å². The van der Waals surface area contributed by atoms with Gasteiger partial charge in [-0.25, -0.2) is 4.79 Å². The van der Waals surface area contributed by atoms with Crippen LogP contribution in [0.15, 0.2) is 16.6 Å². The van der Waals surface area contributed by atoms with E-state index in [2.05, 4.69) is 15.9 Å². The quantitative estimate of drug-likeness (QED) is 0.837. The summed E-state index contributed by atoms with van der Waals surface area (Å²) < 4.78 is 11.4. The van der Waals surface area contributed by atoms with Gasteiger partial charge in [-0.2, -0.15) is 0 Å². The molecule has 0 atom stereocenters. The van der Waals surface area contributed by atoms with Crippen LogP contribution >= 0.6 is 15.9 Å². The first-order valence-electron chi connectivity index (χ1n) is 5.79. The number of ether oxygens (including phenoxy) is 2. The predicted octanol–water partition coefficient (Wildman–Crippen LogP) is 2.70. The van der Waals surface area contributed by atoms with Gasteiger partial charge in [0.15, 0.2) is 11.5 Å². The van der Waals surface area contributed by atoms with Crippen LogP contribution in [0.4, 0.5) is 0 Å². The molecule has 0 saturated carbocycles. The number of hydrogen-bond donors (Lipinski definition) is 2. The molecule has 5 nitrogen and oxygen atoms in total. The van der Waals surface area contributed by atoms with Crippen LogP contribution in [0, 0.1) is 0 Å². The standard InChI is InChI=1S/C13H17BrO5/c1-4-18-10-6-8(12(15)16)5-9(14)11(10)19-7-13(2,3)17/h5-6,17H,4,7H2,1-3H3,(H,15,16). The maximum atomic E-state index is 11.0. The molecular formula is C13H17BrO5. The van der Waals surface area contributed by atoms with E-state index in [0.29, 0.717) is 22.6 Å². The molecule has 0 bridgehead atoms. The number of halogens is 1. The van der Waals surface area contributed by atoms with E-state index in [4.69, 9.17) is 14.6 Å². The molecule has 0 spiro atoms. The lowest BCUT2D eigenvalue weighted by Gasteiger charge is -2.20. The molecule has 0 radical (unpaired) electrons. The van der Waals surface area contributed by atoms with Crippen molar-refractivity contribution in [3.63, 3.8) is 0 Å². The van der Waals surface area contributed by atoms with Crippen LogP contribution in [0.2, 0.25) is 0 Å². The number of aliphatic hydroxyl groups is 1. The Morgan fingerprint density at radius 1 is 1.37 bits per heavy atom. The second kappa shape index (κ2) is 6.25. The van der Waals surface area contributed by atoms with Crippen LogP contribution in [0.1, 0.15) is 31.1 Å². The smallest absolute Gasteiger partial charge is 0.335 e. The molecule has 0 fully saturated rings. The minimum absolute atomic E-state index is 0.0676. The first-order valence-corrected chi connectivity index (χ1v) is 6.58. The lowest BCUT2D eigenvalue weighted by molar-refractivity contribution is 0.0271. The zero-order valence-corrected chi connectivity index (χ0v) is 12.7. The summed E-state index contributed by atoms with van der Waals surface area (Å²) in [5.74, 6) is -0.330. The van der Waals surface area contributed by atoms with Crippen molar-refractivity contribution in [3.05, 3.63) is 22.2 Å². The number of hydrogen-bond acceptors (Lipinski definition) is 4. The molecule has 6 heteroatoms. The van der Waals surface area contributed by atoms with Crippen molar-refractivity contribution in [1.82, 2.24) is 0 Å². The van der Waals surface area contributed by atoms with Crippen molar-refractivity contribution in [2.24, 2.45) is 0 Å². The topological polar surface area (TPSA) is 76.0 Å². The van der Waals surface area contributed by atoms with Gasteiger partial charge in [0.1, 0.15) is 6.61 Å². The largest absolute Gasteiger partial charge is 0.490 e. The van der Waals surface area contributed by atoms with E-state index in [0.717, 1.165) is 0 Å². The molecule has 0 saturated heterocycles. The van der Waals surface area contributed by atoms with Crippen molar-refractivity contribution >= 4 is 21.9 Å². The normalized spacial score (nSPS) is 11.2. The van der Waals surface area contributed by atoms with Gasteiger partial charge >= 0.3 is 5.97 Å². The Balaban J connectivity index is 3.10. The zero-order valence-electron chi connectivity index (χ0n) is 11.1. The van der Waals surface area contributed by atoms with Gasteiger partial charge in [-0.05, 0) is 48.8 Å². The average Bonchev–Trinajstić information content (AvgIpc) is 2.26. The van der Waals surface area contributed by atoms with Crippen molar-refractivity contribution in [2.45, 2.75) is 26.4 Å². The molecule has 1 aromatic carbocycles. The fourth-order valence-electron chi connectivity index (χ4n) is 1.34. The van der Waals surface area contributed by atoms with Gasteiger partial charge in [0.2, 0.25) is 0 Å². The molecule has 0 aliphatic rings. The summed E-state index contributed by atoms with van der Waals surface area (Å²) in [6.45, 7) is 5.48. The van der Waals surface area contributed by atoms with Crippen molar-refractivity contribution in [1.29, 1.82) is 0 Å². The summed E-state index contributed by atoms with van der Waals surface area (Å²) in [7, 11) is 0. The third kappa shape index (κ3) is 4.72. The Labute approximate surface area is 120 Å². The molecule has 1 aromatic rings. The van der Waals surface area contributed by atoms with Gasteiger partial charge in [-0.1, -0.05) is 0 Å². The monoisotopic (exact) mass is 332 g/mol. The minimum atomic E-state index is -1.05. The Bertz CT molecular complexity index is 465. The minimum Gasteiger partial charge on any atom is -0.490 e. The summed E-state index contributed by atoms with van der Waals surface area (Å²) >= 11 is 3.25. The first kappa shape index (κ1) is 15.8. The highest BCUT2D eigenvalue weighted by atomic mass is 79.9. The zero-order chi connectivity index (χ0) is 14.6. The van der Waals surface area contributed by atoms with Crippen molar-refractivity contribution in [2.75, 3.05) is 13.2 Å². The van der Waals surface area contributed by atoms with Crippen LogP contribution in [0.25, 0.3) is 0 Å². The lowest BCUT2D eigenvalue weighted by Crippen LogP contribution is -2.28. The van der Waals surface area contributed by atoms with Crippen LogP contribution in [0.5, 0.6) is 11.5 Å². The van der Waals surface area contributed by atoms with E-state index in [1.54, 1.807) is 20.8 Å². The molecule has 1 rings (SSSR count). The second-order valence-corrected chi connectivity index (χ2v) is 5.48. The van der Waals surface area contributed by atoms with Crippen LogP contribution < -0.4 is 9.47 Å². The molecule has 0 unspecified atom stereocenters. The number of carboxylic acid groups (broad SMARTS) is 1. The number of carbonyl (C=O) groups is 1. The highest BCUT2D eigenvalue weighted by Crippen LogP contribution is 2.37. The van der Waals surface area contributed by atoms with E-state index in [-0.39, 0.29) is 12.2 Å². The number of aromatic carboxylic acids is 1. The van der Waals surface area contributed by atoms with Gasteiger partial charge in [-0.15, -0.1) is 0 Å². The molecule has 2 N–H and O–H groups in total. The molecule has 0 heterocycles. The van der Waals surface area contributed by atoms with Gasteiger partial charge in [0, 0.05) is 0 Å². The number of benzene rings is 1. The third-order valence-corrected chi connectivity index (χ3v) is 2.72. The fourth-order valence-corrected chi connectivity index (χ4v) is 1.90. The van der Waals surface area contributed by atoms with Crippen molar-refractivity contribution in [3.8, 4) is 11.5 Å². The van der Waals surface area contributed by atoms with E-state index in [1.165, 1.54) is 12.1 Å². The lowest BCUT2D eigenvalue weighted by atomic mass is 10.1. The SMILES string of the molecule is CCOc1cc(C(=O)O)cc(Br)c1OCC(C)(C)O. The van der Waals surface area contributed by atoms with Gasteiger partial charge in [0.05, 0.1) is 22.2 Å². The maximum Gasteiger partial charge on any atom is 0.335 e. The second-order valence-electron chi connectivity index (χ2n) is 4.62. The molecule has 0 amide bonds. The Hall–Kier alpha value is -1.27. The summed E-state index contributed by atoms with van der Waals surface area (Å²) in [6, 6.07) is 2.83. The molecule has 0 aromatic heterocycles. The van der Waals surface area contributed by atoms with Crippen LogP contribution in [0.3, 0.4) is 0 Å². The molecule has 0 aliphatic heterocycles. The molecule has 106 valence electrons. The Morgan fingerprint density at radius 2 is 2.00 bits per heavy atom. The van der Waals surface area contributed by atoms with Crippen molar-refractivity contribution < 1.29 is 24.5 Å². The van der Waals surface area contributed by atoms with E-state index < -0.39 is 11.6 Å². The van der Waals surface area contributed by atoms with Gasteiger partial charge < -0.3 is 19.7 Å². The van der Waals surface area contributed by atoms with Crippen LogP contribution in [-0.2, 0) is 0 Å². The fraction of sp³-hybridized carbons (Fsp3) is 0.462. The van der Waals surface area contributed by atoms with Gasteiger partial charge in [0.25, 0.3) is 0 Å². The summed E-state index contributed by atoms with van der Waals surface area (Å²) in [5.41, 5.74) is -0.889. The highest BCUT2D eigenvalue weighted by molar-refractivity contribution is 9.10. The maximum absolute atomic E-state index is 11.0. The predicted molar refractivity (Wildman–Crippen MR) is 74.1 cm³/mol. The summed E-state index contributed by atoms with van der Waals surface area (Å²) in [5, 5.41) is 18.7. The first-order chi connectivity index (χ1) is 8.74. The van der Waals surface area contributed by atoms with E-state index >= 15 is 0 Å². The number of carboxylic acids is 1.